The van der Waals surface area contributed by atoms with Crippen LogP contribution >= 0.6 is 0 Å². The largest absolute Gasteiger partial charge is 0.486 e. The van der Waals surface area contributed by atoms with Crippen molar-refractivity contribution in [3.63, 3.8) is 0 Å². The van der Waals surface area contributed by atoms with E-state index in [4.69, 9.17) is 14.2 Å². The summed E-state index contributed by atoms with van der Waals surface area (Å²) in [6.45, 7) is 6.01. The molecule has 1 unspecified atom stereocenters. The Labute approximate surface area is 176 Å². The lowest BCUT2D eigenvalue weighted by Gasteiger charge is -2.33. The second kappa shape index (κ2) is 8.65. The maximum absolute atomic E-state index is 13.0. The number of ether oxygens (including phenoxy) is 3. The van der Waals surface area contributed by atoms with Crippen LogP contribution in [0.25, 0.3) is 0 Å². The summed E-state index contributed by atoms with van der Waals surface area (Å²) in [5.41, 5.74) is 1.63. The molecule has 0 saturated heterocycles. The van der Waals surface area contributed by atoms with E-state index in [0.29, 0.717) is 55.8 Å². The quantitative estimate of drug-likeness (QED) is 0.732. The molecule has 0 spiro atoms. The van der Waals surface area contributed by atoms with Crippen LogP contribution in [-0.2, 0) is 16.1 Å². The summed E-state index contributed by atoms with van der Waals surface area (Å²) in [5.74, 6) is 1.94. The van der Waals surface area contributed by atoms with Crippen molar-refractivity contribution >= 4 is 17.5 Å². The second-order valence-corrected chi connectivity index (χ2v) is 7.32. The highest BCUT2D eigenvalue weighted by molar-refractivity contribution is 6.00. The molecule has 0 aromatic heterocycles. The van der Waals surface area contributed by atoms with Gasteiger partial charge in [-0.2, -0.15) is 0 Å². The molecule has 2 aromatic carbocycles. The van der Waals surface area contributed by atoms with Gasteiger partial charge in [-0.3, -0.25) is 9.59 Å². The van der Waals surface area contributed by atoms with E-state index in [0.717, 1.165) is 5.56 Å². The fraction of sp³-hybridized carbons (Fsp3) is 0.391. The predicted octanol–water partition coefficient (Wildman–Crippen LogP) is 3.01. The molecule has 7 heteroatoms. The fourth-order valence-corrected chi connectivity index (χ4v) is 3.80. The van der Waals surface area contributed by atoms with Crippen molar-refractivity contribution < 1.29 is 23.8 Å². The van der Waals surface area contributed by atoms with E-state index in [1.54, 1.807) is 16.7 Å². The standard InChI is InChI=1S/C23H26N2O5/c1-3-24(15-17-7-6-10-20-22(17)29-14-13-28-20)21(26)11-12-25-18-8-4-5-9-19(18)30-16(2)23(25)27/h4-10,16H,3,11-15H2,1-2H3. The van der Waals surface area contributed by atoms with Crippen LogP contribution in [0.15, 0.2) is 42.5 Å². The van der Waals surface area contributed by atoms with Gasteiger partial charge in [0.15, 0.2) is 17.6 Å². The molecular weight excluding hydrogens is 384 g/mol. The van der Waals surface area contributed by atoms with E-state index < -0.39 is 6.10 Å². The Kier molecular flexibility index (Phi) is 5.79. The summed E-state index contributed by atoms with van der Waals surface area (Å²) in [4.78, 5) is 29.0. The van der Waals surface area contributed by atoms with Gasteiger partial charge in [0, 0.05) is 31.6 Å². The molecule has 2 aromatic rings. The number of rotatable bonds is 6. The summed E-state index contributed by atoms with van der Waals surface area (Å²) < 4.78 is 17.1. The van der Waals surface area contributed by atoms with Crippen LogP contribution in [0, 0.1) is 0 Å². The Balaban J connectivity index is 1.45. The topological polar surface area (TPSA) is 68.3 Å². The van der Waals surface area contributed by atoms with Crippen LogP contribution < -0.4 is 19.1 Å². The number of fused-ring (bicyclic) bond motifs is 2. The number of hydrogen-bond donors (Lipinski definition) is 0. The van der Waals surface area contributed by atoms with E-state index in [-0.39, 0.29) is 18.2 Å². The molecule has 0 fully saturated rings. The second-order valence-electron chi connectivity index (χ2n) is 7.32. The smallest absolute Gasteiger partial charge is 0.267 e. The normalized spacial score (nSPS) is 17.2. The van der Waals surface area contributed by atoms with Crippen LogP contribution in [0.3, 0.4) is 0 Å². The first-order valence-corrected chi connectivity index (χ1v) is 10.3. The molecule has 0 aliphatic carbocycles. The molecular formula is C23H26N2O5. The van der Waals surface area contributed by atoms with E-state index in [1.807, 2.05) is 49.4 Å². The van der Waals surface area contributed by atoms with E-state index >= 15 is 0 Å². The summed E-state index contributed by atoms with van der Waals surface area (Å²) in [7, 11) is 0. The minimum atomic E-state index is -0.565. The van der Waals surface area contributed by atoms with Gasteiger partial charge in [0.1, 0.15) is 19.0 Å². The Bertz CT molecular complexity index is 945. The van der Waals surface area contributed by atoms with Gasteiger partial charge in [0.2, 0.25) is 5.91 Å². The van der Waals surface area contributed by atoms with Crippen molar-refractivity contribution in [3.8, 4) is 17.2 Å². The lowest BCUT2D eigenvalue weighted by atomic mass is 10.1. The Hall–Kier alpha value is -3.22. The zero-order chi connectivity index (χ0) is 21.1. The molecule has 0 bridgehead atoms. The minimum absolute atomic E-state index is 0.0174. The molecule has 0 radical (unpaired) electrons. The molecule has 158 valence electrons. The Morgan fingerprint density at radius 1 is 1.10 bits per heavy atom. The average Bonchev–Trinajstić information content (AvgIpc) is 2.77. The maximum atomic E-state index is 13.0. The van der Waals surface area contributed by atoms with Crippen molar-refractivity contribution in [3.05, 3.63) is 48.0 Å². The first kappa shape index (κ1) is 20.1. The van der Waals surface area contributed by atoms with Crippen LogP contribution in [0.4, 0.5) is 5.69 Å². The van der Waals surface area contributed by atoms with Gasteiger partial charge in [-0.05, 0) is 32.0 Å². The number of carbonyl (C=O) groups excluding carboxylic acids is 2. The molecule has 0 saturated carbocycles. The number of para-hydroxylation sites is 3. The third-order valence-electron chi connectivity index (χ3n) is 5.37. The highest BCUT2D eigenvalue weighted by Gasteiger charge is 2.31. The van der Waals surface area contributed by atoms with Gasteiger partial charge >= 0.3 is 0 Å². The number of hydrogen-bond acceptors (Lipinski definition) is 5. The molecule has 0 N–H and O–H groups in total. The maximum Gasteiger partial charge on any atom is 0.267 e. The van der Waals surface area contributed by atoms with Crippen molar-refractivity contribution in [2.75, 3.05) is 31.2 Å². The summed E-state index contributed by atoms with van der Waals surface area (Å²) in [5, 5.41) is 0. The lowest BCUT2D eigenvalue weighted by molar-refractivity contribution is -0.131. The number of nitrogens with zero attached hydrogens (tertiary/aromatic N) is 2. The molecule has 30 heavy (non-hydrogen) atoms. The zero-order valence-electron chi connectivity index (χ0n) is 17.3. The van der Waals surface area contributed by atoms with E-state index in [9.17, 15) is 9.59 Å². The third-order valence-corrected chi connectivity index (χ3v) is 5.37. The number of amides is 2. The monoisotopic (exact) mass is 410 g/mol. The van der Waals surface area contributed by atoms with E-state index in [2.05, 4.69) is 0 Å². The van der Waals surface area contributed by atoms with Crippen LogP contribution in [0.5, 0.6) is 17.2 Å². The van der Waals surface area contributed by atoms with Crippen LogP contribution in [-0.4, -0.2) is 49.1 Å². The fourth-order valence-electron chi connectivity index (χ4n) is 3.80. The highest BCUT2D eigenvalue weighted by Crippen LogP contribution is 2.35. The zero-order valence-corrected chi connectivity index (χ0v) is 17.3. The summed E-state index contributed by atoms with van der Waals surface area (Å²) >= 11 is 0. The predicted molar refractivity (Wildman–Crippen MR) is 112 cm³/mol. The van der Waals surface area contributed by atoms with Crippen LogP contribution in [0.1, 0.15) is 25.8 Å². The molecule has 2 aliphatic heterocycles. The van der Waals surface area contributed by atoms with Crippen molar-refractivity contribution in [1.82, 2.24) is 4.90 Å². The number of benzene rings is 2. The first-order valence-electron chi connectivity index (χ1n) is 10.3. The Morgan fingerprint density at radius 3 is 2.70 bits per heavy atom. The van der Waals surface area contributed by atoms with Crippen molar-refractivity contribution in [2.24, 2.45) is 0 Å². The molecule has 2 amide bonds. The van der Waals surface area contributed by atoms with Crippen molar-refractivity contribution in [2.45, 2.75) is 32.9 Å². The van der Waals surface area contributed by atoms with Gasteiger partial charge in [-0.15, -0.1) is 0 Å². The SMILES string of the molecule is CCN(Cc1cccc2c1OCCO2)C(=O)CCN1C(=O)C(C)Oc2ccccc21. The Morgan fingerprint density at radius 2 is 1.87 bits per heavy atom. The van der Waals surface area contributed by atoms with Gasteiger partial charge in [0.05, 0.1) is 5.69 Å². The third kappa shape index (κ3) is 3.92. The molecule has 2 aliphatic rings. The summed E-state index contributed by atoms with van der Waals surface area (Å²) in [6.07, 6.45) is -0.335. The average molecular weight is 410 g/mol. The highest BCUT2D eigenvalue weighted by atomic mass is 16.6. The van der Waals surface area contributed by atoms with Gasteiger partial charge in [0.25, 0.3) is 5.91 Å². The molecule has 2 heterocycles. The van der Waals surface area contributed by atoms with Gasteiger partial charge < -0.3 is 24.0 Å². The molecule has 1 atom stereocenters. The number of anilines is 1. The van der Waals surface area contributed by atoms with Crippen molar-refractivity contribution in [1.29, 1.82) is 0 Å². The van der Waals surface area contributed by atoms with E-state index in [1.165, 1.54) is 0 Å². The van der Waals surface area contributed by atoms with Gasteiger partial charge in [-0.25, -0.2) is 0 Å². The first-order chi connectivity index (χ1) is 14.6. The molecule has 4 rings (SSSR count). The summed E-state index contributed by atoms with van der Waals surface area (Å²) in [6, 6.07) is 13.1. The van der Waals surface area contributed by atoms with Crippen LogP contribution in [0.2, 0.25) is 0 Å². The minimum Gasteiger partial charge on any atom is -0.486 e. The molecule has 7 nitrogen and oxygen atoms in total. The van der Waals surface area contributed by atoms with Gasteiger partial charge in [-0.1, -0.05) is 24.3 Å². The number of carbonyl (C=O) groups is 2. The lowest BCUT2D eigenvalue weighted by Crippen LogP contribution is -2.46.